The summed E-state index contributed by atoms with van der Waals surface area (Å²) in [5.74, 6) is -1.31. The molecule has 0 N–H and O–H groups in total. The van der Waals surface area contributed by atoms with Gasteiger partial charge in [-0.05, 0) is 48.7 Å². The molecule has 1 heterocycles. The number of hydrogen-bond acceptors (Lipinski definition) is 4. The molecule has 0 unspecified atom stereocenters. The molecular formula is C22H22FN3O3S. The number of carbonyl (C=O) groups excluding carboxylic acids is 1. The number of nitrogens with zero attached hydrogens (tertiary/aromatic N) is 3. The maximum atomic E-state index is 14.4. The first-order valence-electron chi connectivity index (χ1n) is 9.55. The Bertz CT molecular complexity index is 1090. The van der Waals surface area contributed by atoms with Crippen molar-refractivity contribution in [2.45, 2.75) is 24.3 Å². The van der Waals surface area contributed by atoms with Crippen molar-refractivity contribution in [2.24, 2.45) is 0 Å². The molecule has 0 radical (unpaired) electrons. The summed E-state index contributed by atoms with van der Waals surface area (Å²) < 4.78 is 41.2. The van der Waals surface area contributed by atoms with E-state index in [1.54, 1.807) is 30.3 Å². The lowest BCUT2D eigenvalue weighted by Gasteiger charge is -2.22. The number of amides is 1. The minimum Gasteiger partial charge on any atom is -0.331 e. The first-order valence-corrected chi connectivity index (χ1v) is 11.0. The van der Waals surface area contributed by atoms with Crippen molar-refractivity contribution in [3.8, 4) is 6.07 Å². The summed E-state index contributed by atoms with van der Waals surface area (Å²) >= 11 is 0. The Labute approximate surface area is 175 Å². The van der Waals surface area contributed by atoms with Crippen LogP contribution in [-0.4, -0.2) is 43.2 Å². The fraction of sp³-hybridized carbons (Fsp3) is 0.273. The highest BCUT2D eigenvalue weighted by atomic mass is 32.2. The van der Waals surface area contributed by atoms with Gasteiger partial charge in [0.05, 0.1) is 11.6 Å². The fourth-order valence-electron chi connectivity index (χ4n) is 3.36. The second kappa shape index (κ2) is 9.20. The molecule has 156 valence electrons. The molecule has 1 aliphatic rings. The van der Waals surface area contributed by atoms with Crippen molar-refractivity contribution in [3.63, 3.8) is 0 Å². The molecular weight excluding hydrogens is 405 g/mol. The van der Waals surface area contributed by atoms with Crippen LogP contribution in [0.2, 0.25) is 0 Å². The predicted octanol–water partition coefficient (Wildman–Crippen LogP) is 3.31. The van der Waals surface area contributed by atoms with Crippen molar-refractivity contribution in [2.75, 3.05) is 19.6 Å². The van der Waals surface area contributed by atoms with Gasteiger partial charge in [-0.2, -0.15) is 9.57 Å². The Balaban J connectivity index is 1.89. The summed E-state index contributed by atoms with van der Waals surface area (Å²) in [6.07, 6.45) is 3.03. The maximum absolute atomic E-state index is 14.4. The largest absolute Gasteiger partial charge is 0.331 e. The Morgan fingerprint density at radius 2 is 1.87 bits per heavy atom. The third kappa shape index (κ3) is 4.58. The number of sulfonamides is 1. The minimum atomic E-state index is -3.99. The van der Waals surface area contributed by atoms with Crippen LogP contribution in [0.25, 0.3) is 0 Å². The Hall–Kier alpha value is -3.02. The number of halogens is 1. The van der Waals surface area contributed by atoms with Crippen LogP contribution in [0.3, 0.4) is 0 Å². The molecule has 8 heteroatoms. The molecule has 1 saturated heterocycles. The predicted molar refractivity (Wildman–Crippen MR) is 110 cm³/mol. The van der Waals surface area contributed by atoms with E-state index in [9.17, 15) is 17.6 Å². The van der Waals surface area contributed by atoms with Gasteiger partial charge >= 0.3 is 0 Å². The lowest BCUT2D eigenvalue weighted by molar-refractivity contribution is 0.0762. The normalized spacial score (nSPS) is 14.3. The molecule has 1 amide bonds. The van der Waals surface area contributed by atoms with Crippen LogP contribution in [-0.2, 0) is 16.6 Å². The molecule has 6 nitrogen and oxygen atoms in total. The number of benzene rings is 2. The van der Waals surface area contributed by atoms with Crippen LogP contribution < -0.4 is 0 Å². The number of rotatable bonds is 7. The molecule has 2 aromatic carbocycles. The van der Waals surface area contributed by atoms with E-state index >= 15 is 0 Å². The molecule has 0 saturated carbocycles. The topological polar surface area (TPSA) is 81.5 Å². The van der Waals surface area contributed by atoms with E-state index in [-0.39, 0.29) is 18.7 Å². The number of carbonyl (C=O) groups is 1. The first kappa shape index (κ1) is 21.7. The molecule has 30 heavy (non-hydrogen) atoms. The minimum absolute atomic E-state index is 0.0877. The highest BCUT2D eigenvalue weighted by Crippen LogP contribution is 2.25. The summed E-state index contributed by atoms with van der Waals surface area (Å²) in [7, 11) is -3.99. The molecule has 1 aliphatic heterocycles. The molecule has 0 aromatic heterocycles. The van der Waals surface area contributed by atoms with Gasteiger partial charge in [0.25, 0.3) is 5.91 Å². The first-order chi connectivity index (χ1) is 14.4. The third-order valence-electron chi connectivity index (χ3n) is 4.95. The summed E-state index contributed by atoms with van der Waals surface area (Å²) in [5.41, 5.74) is 1.40. The molecule has 2 aromatic rings. The van der Waals surface area contributed by atoms with Crippen LogP contribution in [0.15, 0.2) is 60.0 Å². The van der Waals surface area contributed by atoms with Gasteiger partial charge in [0.15, 0.2) is 0 Å². The molecule has 0 aliphatic carbocycles. The van der Waals surface area contributed by atoms with Gasteiger partial charge < -0.3 is 4.90 Å². The average molecular weight is 428 g/mol. The smallest absolute Gasteiger partial charge is 0.254 e. The quantitative estimate of drug-likeness (QED) is 0.635. The van der Waals surface area contributed by atoms with Crippen LogP contribution in [0.1, 0.15) is 34.3 Å². The van der Waals surface area contributed by atoms with Crippen LogP contribution in [0.4, 0.5) is 4.39 Å². The molecule has 3 rings (SSSR count). The van der Waals surface area contributed by atoms with Crippen molar-refractivity contribution >= 4 is 15.9 Å². The lowest BCUT2D eigenvalue weighted by atomic mass is 10.1. The summed E-state index contributed by atoms with van der Waals surface area (Å²) in [6, 6.07) is 12.3. The van der Waals surface area contributed by atoms with Gasteiger partial charge in [-0.3, -0.25) is 4.79 Å². The van der Waals surface area contributed by atoms with E-state index in [1.807, 2.05) is 6.07 Å². The highest BCUT2D eigenvalue weighted by molar-refractivity contribution is 7.89. The van der Waals surface area contributed by atoms with E-state index < -0.39 is 26.6 Å². The zero-order valence-electron chi connectivity index (χ0n) is 16.4. The Morgan fingerprint density at radius 1 is 1.20 bits per heavy atom. The van der Waals surface area contributed by atoms with Crippen molar-refractivity contribution in [1.82, 2.24) is 9.21 Å². The van der Waals surface area contributed by atoms with E-state index in [0.717, 1.165) is 30.5 Å². The number of nitriles is 1. The van der Waals surface area contributed by atoms with E-state index in [2.05, 4.69) is 6.58 Å². The van der Waals surface area contributed by atoms with E-state index in [4.69, 9.17) is 5.26 Å². The zero-order chi connectivity index (χ0) is 21.7. The van der Waals surface area contributed by atoms with Gasteiger partial charge in [-0.25, -0.2) is 12.8 Å². The van der Waals surface area contributed by atoms with Crippen LogP contribution in [0.5, 0.6) is 0 Å². The lowest BCUT2D eigenvalue weighted by Crippen LogP contribution is -2.32. The van der Waals surface area contributed by atoms with Crippen molar-refractivity contribution < 1.29 is 17.6 Å². The van der Waals surface area contributed by atoms with Gasteiger partial charge in [-0.15, -0.1) is 6.58 Å². The van der Waals surface area contributed by atoms with Gasteiger partial charge in [0, 0.05) is 31.7 Å². The maximum Gasteiger partial charge on any atom is 0.254 e. The summed E-state index contributed by atoms with van der Waals surface area (Å²) in [5, 5.41) is 8.91. The van der Waals surface area contributed by atoms with Gasteiger partial charge in [0.2, 0.25) is 10.0 Å². The second-order valence-electron chi connectivity index (χ2n) is 7.04. The Kier molecular flexibility index (Phi) is 6.65. The summed E-state index contributed by atoms with van der Waals surface area (Å²) in [6.45, 7) is 4.83. The molecule has 0 atom stereocenters. The Morgan fingerprint density at radius 3 is 2.47 bits per heavy atom. The van der Waals surface area contributed by atoms with Crippen molar-refractivity contribution in [3.05, 3.63) is 77.6 Å². The standard InChI is InChI=1S/C22H22FN3O3S/c1-2-11-25(16-18-7-5-17(15-24)6-8-18)22(27)19-9-10-20(23)21(14-19)30(28,29)26-12-3-4-13-26/h2,5-10,14H,1,3-4,11-13,16H2. The number of hydrogen-bond donors (Lipinski definition) is 0. The van der Waals surface area contributed by atoms with Crippen LogP contribution in [0, 0.1) is 17.1 Å². The highest BCUT2D eigenvalue weighted by Gasteiger charge is 2.30. The zero-order valence-corrected chi connectivity index (χ0v) is 17.2. The second-order valence-corrected chi connectivity index (χ2v) is 8.95. The van der Waals surface area contributed by atoms with Gasteiger partial charge in [0.1, 0.15) is 10.7 Å². The molecule has 0 spiro atoms. The average Bonchev–Trinajstić information content (AvgIpc) is 3.29. The fourth-order valence-corrected chi connectivity index (χ4v) is 4.97. The van der Waals surface area contributed by atoms with E-state index in [0.29, 0.717) is 18.7 Å². The summed E-state index contributed by atoms with van der Waals surface area (Å²) in [4.78, 5) is 14.1. The molecule has 1 fully saturated rings. The monoisotopic (exact) mass is 427 g/mol. The molecule has 0 bridgehead atoms. The third-order valence-corrected chi connectivity index (χ3v) is 6.87. The van der Waals surface area contributed by atoms with Gasteiger partial charge in [-0.1, -0.05) is 18.2 Å². The van der Waals surface area contributed by atoms with E-state index in [1.165, 1.54) is 15.3 Å². The van der Waals surface area contributed by atoms with Crippen molar-refractivity contribution in [1.29, 1.82) is 5.26 Å². The van der Waals surface area contributed by atoms with Crippen LogP contribution >= 0.6 is 0 Å². The SMILES string of the molecule is C=CCN(Cc1ccc(C#N)cc1)C(=O)c1ccc(F)c(S(=O)(=O)N2CCCC2)c1.